The number of hydroxylamine groups is 1. The number of nitrogens with zero attached hydrogens (tertiary/aromatic N) is 3. The number of halogens is 2. The average molecular weight is 391 g/mol. The third kappa shape index (κ3) is 3.50. The molecule has 0 fully saturated rings. The van der Waals surface area contributed by atoms with Crippen LogP contribution in [0.15, 0.2) is 71.5 Å². The van der Waals surface area contributed by atoms with Crippen molar-refractivity contribution in [2.45, 2.75) is 0 Å². The molecule has 0 aliphatic carbocycles. The van der Waals surface area contributed by atoms with Crippen LogP contribution in [0.4, 0.5) is 8.78 Å². The third-order valence-corrected chi connectivity index (χ3v) is 4.47. The lowest BCUT2D eigenvalue weighted by molar-refractivity contribution is -0.416. The molecule has 0 N–H and O–H groups in total. The minimum absolute atomic E-state index is 0.102. The van der Waals surface area contributed by atoms with E-state index in [0.717, 1.165) is 6.21 Å². The van der Waals surface area contributed by atoms with Crippen LogP contribution < -0.4 is 5.56 Å². The van der Waals surface area contributed by atoms with E-state index in [2.05, 4.69) is 5.10 Å². The first-order valence-corrected chi connectivity index (χ1v) is 8.77. The van der Waals surface area contributed by atoms with Crippen molar-refractivity contribution in [1.29, 1.82) is 0 Å². The van der Waals surface area contributed by atoms with Crippen LogP contribution in [0, 0.1) is 16.8 Å². The molecule has 0 aliphatic heterocycles. The molecule has 1 heterocycles. The number of aromatic nitrogens is 2. The average Bonchev–Trinajstić information content (AvgIpc) is 2.71. The second-order valence-corrected chi connectivity index (χ2v) is 6.50. The molecule has 0 saturated carbocycles. The maximum absolute atomic E-state index is 14.1. The predicted molar refractivity (Wildman–Crippen MR) is 107 cm³/mol. The molecule has 4 aromatic rings. The minimum Gasteiger partial charge on any atom is -0.624 e. The van der Waals surface area contributed by atoms with Gasteiger partial charge in [0.1, 0.15) is 18.7 Å². The summed E-state index contributed by atoms with van der Waals surface area (Å²) in [6.07, 6.45) is 1.12. The van der Waals surface area contributed by atoms with E-state index in [4.69, 9.17) is 0 Å². The van der Waals surface area contributed by atoms with E-state index in [9.17, 15) is 18.8 Å². The second-order valence-electron chi connectivity index (χ2n) is 6.50. The van der Waals surface area contributed by atoms with Crippen LogP contribution in [0.1, 0.15) is 5.56 Å². The predicted octanol–water partition coefficient (Wildman–Crippen LogP) is 3.89. The van der Waals surface area contributed by atoms with Crippen molar-refractivity contribution >= 4 is 17.0 Å². The quantitative estimate of drug-likeness (QED) is 0.230. The van der Waals surface area contributed by atoms with Gasteiger partial charge in [0.25, 0.3) is 5.56 Å². The third-order valence-electron chi connectivity index (χ3n) is 4.47. The molecule has 0 aliphatic rings. The van der Waals surface area contributed by atoms with Crippen LogP contribution in [-0.2, 0) is 0 Å². The van der Waals surface area contributed by atoms with Gasteiger partial charge in [0.15, 0.2) is 6.21 Å². The molecular weight excluding hydrogens is 376 g/mol. The molecule has 0 spiro atoms. The molecule has 29 heavy (non-hydrogen) atoms. The summed E-state index contributed by atoms with van der Waals surface area (Å²) in [7, 11) is 1.26. The molecular formula is C22H15F2N3O2. The first-order valence-electron chi connectivity index (χ1n) is 8.77. The monoisotopic (exact) mass is 391 g/mol. The summed E-state index contributed by atoms with van der Waals surface area (Å²) >= 11 is 0. The van der Waals surface area contributed by atoms with Crippen molar-refractivity contribution in [3.8, 4) is 16.9 Å². The summed E-state index contributed by atoms with van der Waals surface area (Å²) in [5, 5.41) is 16.8. The Morgan fingerprint density at radius 2 is 1.69 bits per heavy atom. The fourth-order valence-electron chi connectivity index (χ4n) is 3.15. The van der Waals surface area contributed by atoms with Gasteiger partial charge in [-0.3, -0.25) is 4.79 Å². The molecule has 5 nitrogen and oxygen atoms in total. The van der Waals surface area contributed by atoms with E-state index in [1.54, 1.807) is 24.3 Å². The highest BCUT2D eigenvalue weighted by molar-refractivity contribution is 5.94. The lowest BCUT2D eigenvalue weighted by atomic mass is 10.0. The van der Waals surface area contributed by atoms with E-state index in [1.165, 1.54) is 54.2 Å². The Balaban J connectivity index is 2.02. The largest absolute Gasteiger partial charge is 0.624 e. The lowest BCUT2D eigenvalue weighted by Gasteiger charge is -2.12. The summed E-state index contributed by atoms with van der Waals surface area (Å²) in [5.41, 5.74) is 1.12. The molecule has 0 amide bonds. The van der Waals surface area contributed by atoms with Gasteiger partial charge < -0.3 is 5.21 Å². The number of hydrogen-bond donors (Lipinski definition) is 0. The van der Waals surface area contributed by atoms with Gasteiger partial charge in [0.05, 0.1) is 22.3 Å². The summed E-state index contributed by atoms with van der Waals surface area (Å²) in [6, 6.07) is 16.6. The summed E-state index contributed by atoms with van der Waals surface area (Å²) in [6.45, 7) is 0. The minimum atomic E-state index is -0.549. The Kier molecular flexibility index (Phi) is 4.64. The molecule has 0 bridgehead atoms. The molecule has 0 saturated heterocycles. The van der Waals surface area contributed by atoms with Gasteiger partial charge in [-0.05, 0) is 48.5 Å². The van der Waals surface area contributed by atoms with Crippen molar-refractivity contribution in [3.63, 3.8) is 0 Å². The molecule has 1 aromatic heterocycles. The van der Waals surface area contributed by atoms with Gasteiger partial charge in [-0.1, -0.05) is 18.2 Å². The van der Waals surface area contributed by atoms with E-state index in [1.807, 2.05) is 0 Å². The number of hydrogen-bond acceptors (Lipinski definition) is 3. The van der Waals surface area contributed by atoms with Gasteiger partial charge >= 0.3 is 0 Å². The zero-order valence-corrected chi connectivity index (χ0v) is 15.3. The smallest absolute Gasteiger partial charge is 0.279 e. The second kappa shape index (κ2) is 7.27. The number of benzene rings is 3. The molecule has 0 unspecified atom stereocenters. The molecule has 0 radical (unpaired) electrons. The van der Waals surface area contributed by atoms with Crippen LogP contribution >= 0.6 is 0 Å². The highest BCUT2D eigenvalue weighted by Crippen LogP contribution is 2.26. The molecule has 0 atom stereocenters. The Morgan fingerprint density at radius 1 is 1.00 bits per heavy atom. The van der Waals surface area contributed by atoms with Gasteiger partial charge in [-0.15, -0.1) is 0 Å². The number of rotatable bonds is 3. The Morgan fingerprint density at radius 3 is 2.38 bits per heavy atom. The van der Waals surface area contributed by atoms with Crippen molar-refractivity contribution in [1.82, 2.24) is 9.78 Å². The van der Waals surface area contributed by atoms with Crippen molar-refractivity contribution < 1.29 is 13.5 Å². The fourth-order valence-corrected chi connectivity index (χ4v) is 3.15. The highest BCUT2D eigenvalue weighted by atomic mass is 19.1. The van der Waals surface area contributed by atoms with E-state index < -0.39 is 11.6 Å². The Hall–Kier alpha value is -3.87. The van der Waals surface area contributed by atoms with Gasteiger partial charge in [0, 0.05) is 10.9 Å². The number of fused-ring (bicyclic) bond motifs is 1. The summed E-state index contributed by atoms with van der Waals surface area (Å²) in [5.74, 6) is -0.976. The van der Waals surface area contributed by atoms with Crippen molar-refractivity contribution in [2.24, 2.45) is 0 Å². The normalized spacial score (nSPS) is 11.8. The van der Waals surface area contributed by atoms with E-state index in [-0.39, 0.29) is 11.1 Å². The van der Waals surface area contributed by atoms with Crippen LogP contribution in [-0.4, -0.2) is 27.8 Å². The zero-order chi connectivity index (χ0) is 20.5. The molecule has 3 aromatic carbocycles. The van der Waals surface area contributed by atoms with Gasteiger partial charge in [-0.25, -0.2) is 13.5 Å². The molecule has 4 rings (SSSR count). The Labute approximate surface area is 164 Å². The standard InChI is InChI=1S/C22H15F2N3O2/c1-26(29)13-15-12-14(6-11-20(15)24)21-18-4-2-3-5-19(18)22(28)27(25-21)17-9-7-16(23)8-10-17/h2-13H,1H3/b26-13-. The van der Waals surface area contributed by atoms with Gasteiger partial charge in [0.2, 0.25) is 0 Å². The fraction of sp³-hybridized carbons (Fsp3) is 0.0455. The molecule has 144 valence electrons. The topological polar surface area (TPSA) is 61.0 Å². The Bertz CT molecular complexity index is 1310. The summed E-state index contributed by atoms with van der Waals surface area (Å²) < 4.78 is 29.1. The van der Waals surface area contributed by atoms with Crippen molar-refractivity contribution in [3.05, 3.63) is 99.5 Å². The highest BCUT2D eigenvalue weighted by Gasteiger charge is 2.15. The zero-order valence-electron chi connectivity index (χ0n) is 15.3. The maximum Gasteiger partial charge on any atom is 0.279 e. The van der Waals surface area contributed by atoms with Gasteiger partial charge in [-0.2, -0.15) is 9.78 Å². The van der Waals surface area contributed by atoms with Crippen molar-refractivity contribution in [2.75, 3.05) is 7.05 Å². The van der Waals surface area contributed by atoms with E-state index >= 15 is 0 Å². The van der Waals surface area contributed by atoms with Crippen LogP contribution in [0.2, 0.25) is 0 Å². The first kappa shape index (κ1) is 18.5. The van der Waals surface area contributed by atoms with Crippen LogP contribution in [0.5, 0.6) is 0 Å². The SMILES string of the molecule is C/[N+]([O-])=C/c1cc(-c2nn(-c3ccc(F)cc3)c(=O)c3ccccc23)ccc1F. The molecule has 7 heteroatoms. The van der Waals surface area contributed by atoms with Crippen LogP contribution in [0.25, 0.3) is 27.7 Å². The summed E-state index contributed by atoms with van der Waals surface area (Å²) in [4.78, 5) is 13.0. The van der Waals surface area contributed by atoms with E-state index in [0.29, 0.717) is 32.5 Å². The first-order chi connectivity index (χ1) is 13.9. The lowest BCUT2D eigenvalue weighted by Crippen LogP contribution is -2.22. The van der Waals surface area contributed by atoms with Crippen LogP contribution in [0.3, 0.4) is 0 Å². The maximum atomic E-state index is 14.1.